The van der Waals surface area contributed by atoms with Crippen molar-refractivity contribution in [2.24, 2.45) is 5.41 Å². The summed E-state index contributed by atoms with van der Waals surface area (Å²) in [6.07, 6.45) is 0. The van der Waals surface area contributed by atoms with Gasteiger partial charge in [-0.2, -0.15) is 5.26 Å². The lowest BCUT2D eigenvalue weighted by atomic mass is 9.59. The third kappa shape index (κ3) is 4.19. The smallest absolute Gasteiger partial charge is 0.219 e. The second kappa shape index (κ2) is 10.7. The van der Waals surface area contributed by atoms with E-state index in [4.69, 9.17) is 13.1 Å². The van der Waals surface area contributed by atoms with E-state index in [1.54, 1.807) is 0 Å². The maximum Gasteiger partial charge on any atom is 0.219 e. The van der Waals surface area contributed by atoms with E-state index < -0.39 is 16.2 Å². The van der Waals surface area contributed by atoms with Crippen LogP contribution in [0.25, 0.3) is 31.9 Å². The van der Waals surface area contributed by atoms with Crippen LogP contribution in [0.5, 0.6) is 0 Å². The molecule has 1 heterocycles. The molecule has 0 unspecified atom stereocenters. The summed E-state index contributed by atoms with van der Waals surface area (Å²) in [7, 11) is 0. The molecular weight excluding hydrogens is 597 g/mol. The molecule has 240 valence electrons. The zero-order valence-electron chi connectivity index (χ0n) is 29.5. The molecule has 4 nitrogen and oxygen atoms in total. The highest BCUT2D eigenvalue weighted by Gasteiger charge is 2.59. The summed E-state index contributed by atoms with van der Waals surface area (Å²) in [5, 5.41) is 11.2. The Balaban J connectivity index is 1.63. The Bertz CT molecular complexity index is 2210. The van der Waals surface area contributed by atoms with Crippen LogP contribution in [0.2, 0.25) is 0 Å². The van der Waals surface area contributed by atoms with Gasteiger partial charge in [-0.25, -0.2) is 9.69 Å². The first-order valence-electron chi connectivity index (χ1n) is 16.8. The highest BCUT2D eigenvalue weighted by Crippen LogP contribution is 2.68. The van der Waals surface area contributed by atoms with Gasteiger partial charge in [-0.15, -0.1) is 0 Å². The average molecular weight is 637 g/mol. The maximum absolute atomic E-state index is 11.2. The number of hydrogen-bond donors (Lipinski definition) is 0. The van der Waals surface area contributed by atoms with Crippen molar-refractivity contribution in [3.8, 4) is 28.3 Å². The average Bonchev–Trinajstić information content (AvgIpc) is 3.21. The van der Waals surface area contributed by atoms with Gasteiger partial charge < -0.3 is 4.90 Å². The molecule has 4 heteroatoms. The number of nitrogens with zero attached hydrogens (tertiary/aromatic N) is 4. The zero-order chi connectivity index (χ0) is 35.1. The van der Waals surface area contributed by atoms with Gasteiger partial charge in [-0.1, -0.05) is 128 Å². The van der Waals surface area contributed by atoms with Crippen molar-refractivity contribution in [1.29, 1.82) is 5.26 Å². The molecule has 2 aliphatic rings. The van der Waals surface area contributed by atoms with Crippen LogP contribution < -0.4 is 4.90 Å². The van der Waals surface area contributed by atoms with Crippen molar-refractivity contribution in [2.45, 2.75) is 71.6 Å². The number of nitriles is 1. The monoisotopic (exact) mass is 636 g/mol. The van der Waals surface area contributed by atoms with Gasteiger partial charge in [0, 0.05) is 16.8 Å². The van der Waals surface area contributed by atoms with Crippen molar-refractivity contribution in [1.82, 2.24) is 0 Å². The third-order valence-electron chi connectivity index (χ3n) is 12.4. The van der Waals surface area contributed by atoms with Gasteiger partial charge in [-0.05, 0) is 85.0 Å². The summed E-state index contributed by atoms with van der Waals surface area (Å²) in [5.41, 5.74) is 10.1. The molecule has 1 aliphatic carbocycles. The standard InChI is InChI=1S/C45H40N4/c1-42(2)33-25-30(28-17-13-11-14-18-28)21-23-35(33)49(36-24-22-31(26-34(36)42)29-19-15-12-16-20-29)41-32(27-46)37-38(39(47-9)40(41)48-10)44(5,6)45(7,8)43(37,3)4/h11-26H,1-8H3. The molecule has 0 radical (unpaired) electrons. The lowest BCUT2D eigenvalue weighted by molar-refractivity contribution is 0.125. The van der Waals surface area contributed by atoms with E-state index in [1.165, 1.54) is 0 Å². The summed E-state index contributed by atoms with van der Waals surface area (Å²) in [6, 6.07) is 36.4. The van der Waals surface area contributed by atoms with Gasteiger partial charge in [-0.3, -0.25) is 0 Å². The second-order valence-electron chi connectivity index (χ2n) is 15.5. The fourth-order valence-electron chi connectivity index (χ4n) is 8.49. The number of anilines is 3. The highest BCUT2D eigenvalue weighted by molar-refractivity contribution is 6.01. The summed E-state index contributed by atoms with van der Waals surface area (Å²) >= 11 is 0. The van der Waals surface area contributed by atoms with E-state index in [0.717, 1.165) is 55.9 Å². The van der Waals surface area contributed by atoms with Crippen LogP contribution in [0.15, 0.2) is 97.1 Å². The van der Waals surface area contributed by atoms with E-state index in [0.29, 0.717) is 16.9 Å². The van der Waals surface area contributed by atoms with Gasteiger partial charge in [0.2, 0.25) is 11.4 Å². The zero-order valence-corrected chi connectivity index (χ0v) is 29.5. The number of hydrogen-bond acceptors (Lipinski definition) is 2. The molecule has 49 heavy (non-hydrogen) atoms. The van der Waals surface area contributed by atoms with Crippen LogP contribution in [0.1, 0.15) is 83.2 Å². The summed E-state index contributed by atoms with van der Waals surface area (Å²) < 4.78 is 0. The lowest BCUT2D eigenvalue weighted by Crippen LogP contribution is -2.42. The van der Waals surface area contributed by atoms with Crippen molar-refractivity contribution in [3.63, 3.8) is 0 Å². The first-order chi connectivity index (χ1) is 23.2. The molecule has 1 aliphatic heterocycles. The number of rotatable bonds is 3. The normalized spacial score (nSPS) is 17.1. The fraction of sp³-hybridized carbons (Fsp3) is 0.267. The fourth-order valence-corrected chi connectivity index (χ4v) is 8.49. The Morgan fingerprint density at radius 3 is 1.45 bits per heavy atom. The molecule has 0 spiro atoms. The van der Waals surface area contributed by atoms with Gasteiger partial charge in [0.05, 0.1) is 24.4 Å². The maximum atomic E-state index is 11.2. The molecular formula is C45H40N4. The Morgan fingerprint density at radius 2 is 1.02 bits per heavy atom. The van der Waals surface area contributed by atoms with E-state index >= 15 is 0 Å². The van der Waals surface area contributed by atoms with Crippen LogP contribution in [0, 0.1) is 29.9 Å². The molecule has 0 aromatic heterocycles. The Labute approximate surface area is 290 Å². The summed E-state index contributed by atoms with van der Waals surface area (Å²) in [5.74, 6) is 0. The van der Waals surface area contributed by atoms with E-state index in [2.05, 4.69) is 161 Å². The molecule has 7 rings (SSSR count). The van der Waals surface area contributed by atoms with Gasteiger partial charge >= 0.3 is 0 Å². The predicted octanol–water partition coefficient (Wildman–Crippen LogP) is 12.7. The third-order valence-corrected chi connectivity index (χ3v) is 12.4. The van der Waals surface area contributed by atoms with Crippen LogP contribution in [0.3, 0.4) is 0 Å². The summed E-state index contributed by atoms with van der Waals surface area (Å²) in [4.78, 5) is 10.4. The van der Waals surface area contributed by atoms with E-state index in [1.807, 2.05) is 12.1 Å². The number of fused-ring (bicyclic) bond motifs is 3. The van der Waals surface area contributed by atoms with E-state index in [-0.39, 0.29) is 11.1 Å². The number of benzene rings is 5. The van der Waals surface area contributed by atoms with Gasteiger partial charge in [0.25, 0.3) is 0 Å². The van der Waals surface area contributed by atoms with Gasteiger partial charge in [0.15, 0.2) is 0 Å². The van der Waals surface area contributed by atoms with Crippen molar-refractivity contribution in [2.75, 3.05) is 4.90 Å². The molecule has 0 N–H and O–H groups in total. The van der Waals surface area contributed by atoms with E-state index in [9.17, 15) is 5.26 Å². The first-order valence-corrected chi connectivity index (χ1v) is 16.8. The molecule has 0 fully saturated rings. The lowest BCUT2D eigenvalue weighted by Gasteiger charge is -2.45. The Hall–Kier alpha value is -5.63. The quantitative estimate of drug-likeness (QED) is 0.185. The molecule has 0 atom stereocenters. The van der Waals surface area contributed by atoms with Crippen molar-refractivity contribution in [3.05, 3.63) is 148 Å². The first kappa shape index (κ1) is 31.9. The topological polar surface area (TPSA) is 35.8 Å². The van der Waals surface area contributed by atoms with Crippen molar-refractivity contribution >= 4 is 28.4 Å². The molecule has 0 amide bonds. The highest BCUT2D eigenvalue weighted by atomic mass is 15.2. The predicted molar refractivity (Wildman–Crippen MR) is 201 cm³/mol. The molecule has 0 saturated carbocycles. The van der Waals surface area contributed by atoms with Crippen LogP contribution >= 0.6 is 0 Å². The SMILES string of the molecule is [C-]#[N+]c1c([N+]#[C-])c2c(c(C#N)c1N1c3ccc(-c4ccccc4)cc3C(C)(C)c3cc(-c4ccccc4)ccc31)C(C)(C)C(C)(C)C2(C)C. The van der Waals surface area contributed by atoms with Crippen LogP contribution in [0.4, 0.5) is 28.4 Å². The molecule has 5 aromatic rings. The summed E-state index contributed by atoms with van der Waals surface area (Å²) in [6.45, 7) is 34.8. The molecule has 0 bridgehead atoms. The van der Waals surface area contributed by atoms with Crippen LogP contribution in [-0.4, -0.2) is 0 Å². The molecule has 5 aromatic carbocycles. The largest absolute Gasteiger partial charge is 0.320 e. The van der Waals surface area contributed by atoms with Gasteiger partial charge in [0.1, 0.15) is 6.07 Å². The minimum absolute atomic E-state index is 0.239. The Morgan fingerprint density at radius 1 is 0.571 bits per heavy atom. The molecule has 0 saturated heterocycles. The Kier molecular flexibility index (Phi) is 6.97. The second-order valence-corrected chi connectivity index (χ2v) is 15.5. The van der Waals surface area contributed by atoms with Crippen LogP contribution in [-0.2, 0) is 16.2 Å². The van der Waals surface area contributed by atoms with Crippen molar-refractivity contribution < 1.29 is 0 Å². The minimum Gasteiger partial charge on any atom is -0.320 e. The minimum atomic E-state index is -0.458.